The Morgan fingerprint density at radius 2 is 2.06 bits per heavy atom. The summed E-state index contributed by atoms with van der Waals surface area (Å²) in [4.78, 5) is 21.5. The number of nitro groups is 1. The molecule has 1 aromatic rings. The predicted molar refractivity (Wildman–Crippen MR) is 59.7 cm³/mol. The molecule has 1 amide bonds. The quantitative estimate of drug-likeness (QED) is 0.646. The van der Waals surface area contributed by atoms with Crippen LogP contribution in [0, 0.1) is 10.1 Å². The van der Waals surface area contributed by atoms with Gasteiger partial charge in [0.2, 0.25) is 0 Å². The van der Waals surface area contributed by atoms with Gasteiger partial charge >= 0.3 is 5.88 Å². The Morgan fingerprint density at radius 1 is 1.35 bits per heavy atom. The van der Waals surface area contributed by atoms with Crippen molar-refractivity contribution in [2.24, 2.45) is 0 Å². The number of amides is 1. The molecule has 1 aromatic heterocycles. The van der Waals surface area contributed by atoms with Gasteiger partial charge in [0.1, 0.15) is 4.92 Å². The van der Waals surface area contributed by atoms with E-state index in [-0.39, 0.29) is 17.7 Å². The normalized spacial score (nSPS) is 16.7. The number of furan rings is 1. The summed E-state index contributed by atoms with van der Waals surface area (Å²) >= 11 is 0. The van der Waals surface area contributed by atoms with Gasteiger partial charge in [0.25, 0.3) is 5.91 Å². The van der Waals surface area contributed by atoms with Gasteiger partial charge in [0.15, 0.2) is 5.76 Å². The maximum Gasteiger partial charge on any atom is 0.433 e. The lowest BCUT2D eigenvalue weighted by molar-refractivity contribution is -0.402. The van der Waals surface area contributed by atoms with Crippen LogP contribution in [-0.2, 0) is 0 Å². The molecule has 17 heavy (non-hydrogen) atoms. The zero-order valence-corrected chi connectivity index (χ0v) is 9.35. The Kier molecular flexibility index (Phi) is 3.41. The average Bonchev–Trinajstić information content (AvgIpc) is 2.79. The van der Waals surface area contributed by atoms with E-state index in [0.717, 1.165) is 25.7 Å². The van der Waals surface area contributed by atoms with Crippen molar-refractivity contribution in [3.63, 3.8) is 0 Å². The molecule has 1 fully saturated rings. The molecule has 6 nitrogen and oxygen atoms in total. The van der Waals surface area contributed by atoms with Crippen molar-refractivity contribution < 1.29 is 14.1 Å². The number of nitrogens with one attached hydrogen (secondary N) is 1. The van der Waals surface area contributed by atoms with E-state index >= 15 is 0 Å². The van der Waals surface area contributed by atoms with Gasteiger partial charge in [0, 0.05) is 6.04 Å². The van der Waals surface area contributed by atoms with Crippen molar-refractivity contribution in [3.8, 4) is 0 Å². The van der Waals surface area contributed by atoms with E-state index < -0.39 is 10.8 Å². The second-order valence-electron chi connectivity index (χ2n) is 4.20. The predicted octanol–water partition coefficient (Wildman–Crippen LogP) is 2.25. The fourth-order valence-electron chi connectivity index (χ4n) is 2.05. The van der Waals surface area contributed by atoms with Crippen LogP contribution < -0.4 is 5.32 Å². The summed E-state index contributed by atoms with van der Waals surface area (Å²) in [5.41, 5.74) is 0. The molecule has 0 aromatic carbocycles. The third kappa shape index (κ3) is 2.83. The van der Waals surface area contributed by atoms with Crippen LogP contribution in [0.2, 0.25) is 0 Å². The third-order valence-electron chi connectivity index (χ3n) is 2.94. The lowest BCUT2D eigenvalue weighted by Gasteiger charge is -2.21. The zero-order chi connectivity index (χ0) is 12.3. The van der Waals surface area contributed by atoms with Crippen LogP contribution in [0.4, 0.5) is 5.88 Å². The minimum absolute atomic E-state index is 0.00211. The topological polar surface area (TPSA) is 85.4 Å². The van der Waals surface area contributed by atoms with E-state index in [1.165, 1.54) is 18.6 Å². The van der Waals surface area contributed by atoms with Crippen molar-refractivity contribution in [2.75, 3.05) is 0 Å². The molecule has 92 valence electrons. The smallest absolute Gasteiger partial charge is 0.395 e. The number of carbonyl (C=O) groups excluding carboxylic acids is 1. The molecule has 0 bridgehead atoms. The Morgan fingerprint density at radius 3 is 2.65 bits per heavy atom. The minimum Gasteiger partial charge on any atom is -0.395 e. The van der Waals surface area contributed by atoms with Crippen molar-refractivity contribution in [1.29, 1.82) is 0 Å². The van der Waals surface area contributed by atoms with Gasteiger partial charge in [-0.25, -0.2) is 0 Å². The molecule has 0 radical (unpaired) electrons. The molecule has 0 spiro atoms. The average molecular weight is 238 g/mol. The minimum atomic E-state index is -0.655. The van der Waals surface area contributed by atoms with Crippen molar-refractivity contribution in [3.05, 3.63) is 28.0 Å². The maximum atomic E-state index is 11.7. The summed E-state index contributed by atoms with van der Waals surface area (Å²) in [6.07, 6.45) is 5.37. The van der Waals surface area contributed by atoms with Crippen LogP contribution in [0.15, 0.2) is 16.5 Å². The molecule has 1 N–H and O–H groups in total. The summed E-state index contributed by atoms with van der Waals surface area (Å²) < 4.78 is 4.84. The molecule has 0 atom stereocenters. The van der Waals surface area contributed by atoms with Crippen LogP contribution in [-0.4, -0.2) is 16.9 Å². The summed E-state index contributed by atoms with van der Waals surface area (Å²) in [5.74, 6) is -0.772. The fourth-order valence-corrected chi connectivity index (χ4v) is 2.05. The molecule has 1 heterocycles. The van der Waals surface area contributed by atoms with Crippen LogP contribution in [0.25, 0.3) is 0 Å². The maximum absolute atomic E-state index is 11.7. The number of hydrogen-bond donors (Lipinski definition) is 1. The lowest BCUT2D eigenvalue weighted by Crippen LogP contribution is -2.35. The molecule has 0 aliphatic heterocycles. The first-order valence-electron chi connectivity index (χ1n) is 5.72. The van der Waals surface area contributed by atoms with Crippen LogP contribution in [0.3, 0.4) is 0 Å². The number of hydrogen-bond acceptors (Lipinski definition) is 4. The first kappa shape index (κ1) is 11.6. The van der Waals surface area contributed by atoms with E-state index in [2.05, 4.69) is 5.32 Å². The molecular formula is C11H14N2O4. The second kappa shape index (κ2) is 4.99. The van der Waals surface area contributed by atoms with Gasteiger partial charge < -0.3 is 9.73 Å². The summed E-state index contributed by atoms with van der Waals surface area (Å²) in [6, 6.07) is 2.69. The van der Waals surface area contributed by atoms with E-state index in [0.29, 0.717) is 0 Å². The first-order valence-corrected chi connectivity index (χ1v) is 5.72. The fraction of sp³-hybridized carbons (Fsp3) is 0.545. The highest BCUT2D eigenvalue weighted by Gasteiger charge is 2.21. The Balaban J connectivity index is 1.96. The molecule has 6 heteroatoms. The van der Waals surface area contributed by atoms with Crippen molar-refractivity contribution >= 4 is 11.8 Å². The van der Waals surface area contributed by atoms with Gasteiger partial charge in [0.05, 0.1) is 6.07 Å². The Labute approximate surface area is 98.1 Å². The summed E-state index contributed by atoms with van der Waals surface area (Å²) in [7, 11) is 0. The van der Waals surface area contributed by atoms with Gasteiger partial charge in [-0.1, -0.05) is 19.3 Å². The number of carbonyl (C=O) groups is 1. The van der Waals surface area contributed by atoms with Gasteiger partial charge in [-0.05, 0) is 18.9 Å². The molecular weight excluding hydrogens is 224 g/mol. The van der Waals surface area contributed by atoms with Crippen molar-refractivity contribution in [1.82, 2.24) is 5.32 Å². The first-order chi connectivity index (χ1) is 8.16. The van der Waals surface area contributed by atoms with Crippen LogP contribution in [0.5, 0.6) is 0 Å². The highest BCUT2D eigenvalue weighted by atomic mass is 16.6. The molecule has 0 saturated heterocycles. The van der Waals surface area contributed by atoms with E-state index in [1.807, 2.05) is 0 Å². The lowest BCUT2D eigenvalue weighted by atomic mass is 9.95. The van der Waals surface area contributed by atoms with Crippen molar-refractivity contribution in [2.45, 2.75) is 38.1 Å². The van der Waals surface area contributed by atoms with E-state index in [4.69, 9.17) is 4.42 Å². The second-order valence-corrected chi connectivity index (χ2v) is 4.20. The van der Waals surface area contributed by atoms with E-state index in [1.54, 1.807) is 0 Å². The van der Waals surface area contributed by atoms with Crippen LogP contribution in [0.1, 0.15) is 42.7 Å². The third-order valence-corrected chi connectivity index (χ3v) is 2.94. The highest BCUT2D eigenvalue weighted by Crippen LogP contribution is 2.19. The SMILES string of the molecule is O=C(NC1CCCCC1)c1ccc([N+](=O)[O-])o1. The number of nitrogens with zero attached hydrogens (tertiary/aromatic N) is 1. The molecule has 2 rings (SSSR count). The van der Waals surface area contributed by atoms with Gasteiger partial charge in [-0.2, -0.15) is 0 Å². The Hall–Kier alpha value is -1.85. The number of rotatable bonds is 3. The highest BCUT2D eigenvalue weighted by molar-refractivity contribution is 5.91. The molecule has 1 saturated carbocycles. The largest absolute Gasteiger partial charge is 0.433 e. The monoisotopic (exact) mass is 238 g/mol. The Bertz CT molecular complexity index is 421. The summed E-state index contributed by atoms with van der Waals surface area (Å²) in [5, 5.41) is 13.2. The summed E-state index contributed by atoms with van der Waals surface area (Å²) in [6.45, 7) is 0. The molecule has 0 unspecified atom stereocenters. The molecule has 1 aliphatic rings. The zero-order valence-electron chi connectivity index (χ0n) is 9.35. The van der Waals surface area contributed by atoms with Gasteiger partial charge in [-0.15, -0.1) is 0 Å². The standard InChI is InChI=1S/C11H14N2O4/c14-11(12-8-4-2-1-3-5-8)9-6-7-10(17-9)13(15)16/h6-8H,1-5H2,(H,12,14). The van der Waals surface area contributed by atoms with Gasteiger partial charge in [-0.3, -0.25) is 14.9 Å². The van der Waals surface area contributed by atoms with Crippen LogP contribution >= 0.6 is 0 Å². The van der Waals surface area contributed by atoms with E-state index in [9.17, 15) is 14.9 Å². The molecule has 1 aliphatic carbocycles.